The van der Waals surface area contributed by atoms with Crippen LogP contribution in [0.4, 0.5) is 0 Å². The molecule has 2 aliphatic rings. The second kappa shape index (κ2) is 10.8. The molecule has 0 spiro atoms. The lowest BCUT2D eigenvalue weighted by Crippen LogP contribution is -2.55. The lowest BCUT2D eigenvalue weighted by Gasteiger charge is -2.38. The van der Waals surface area contributed by atoms with E-state index in [2.05, 4.69) is 26.1 Å². The molecule has 8 heteroatoms. The van der Waals surface area contributed by atoms with Gasteiger partial charge in [-0.1, -0.05) is 23.7 Å². The van der Waals surface area contributed by atoms with E-state index in [1.807, 2.05) is 43.9 Å². The lowest BCUT2D eigenvalue weighted by molar-refractivity contribution is -0.135. The third kappa shape index (κ3) is 8.07. The first-order chi connectivity index (χ1) is 14.7. The molecule has 0 aromatic heterocycles. The third-order valence-electron chi connectivity index (χ3n) is 5.73. The molecule has 2 amide bonds. The molecule has 2 heterocycles. The summed E-state index contributed by atoms with van der Waals surface area (Å²) in [4.78, 5) is 33.6. The topological polar surface area (TPSA) is 59.1 Å². The molecule has 1 aromatic carbocycles. The molecular weight excluding hydrogens is 414 g/mol. The van der Waals surface area contributed by atoms with Crippen LogP contribution in [-0.2, 0) is 16.1 Å². The van der Waals surface area contributed by atoms with E-state index in [4.69, 9.17) is 11.6 Å². The van der Waals surface area contributed by atoms with Gasteiger partial charge in [-0.25, -0.2) is 0 Å². The van der Waals surface area contributed by atoms with Gasteiger partial charge in [0.1, 0.15) is 0 Å². The minimum Gasteiger partial charge on any atom is -0.350 e. The molecule has 3 rings (SSSR count). The number of halogens is 1. The number of amides is 2. The Bertz CT molecular complexity index is 751. The van der Waals surface area contributed by atoms with Gasteiger partial charge in [0.2, 0.25) is 11.8 Å². The van der Waals surface area contributed by atoms with Gasteiger partial charge in [0.25, 0.3) is 0 Å². The molecular formula is C23H36ClN5O2. The van der Waals surface area contributed by atoms with Crippen molar-refractivity contribution < 1.29 is 9.59 Å². The van der Waals surface area contributed by atoms with Gasteiger partial charge in [0.15, 0.2) is 0 Å². The van der Waals surface area contributed by atoms with Gasteiger partial charge in [0, 0.05) is 69.5 Å². The van der Waals surface area contributed by atoms with E-state index < -0.39 is 0 Å². The van der Waals surface area contributed by atoms with Gasteiger partial charge in [-0.2, -0.15) is 0 Å². The molecule has 172 valence electrons. The Morgan fingerprint density at radius 3 is 2.10 bits per heavy atom. The Balaban J connectivity index is 1.35. The lowest BCUT2D eigenvalue weighted by atomic mass is 10.1. The number of rotatable bonds is 6. The first kappa shape index (κ1) is 24.0. The summed E-state index contributed by atoms with van der Waals surface area (Å²) >= 11 is 6.08. The molecule has 1 N–H and O–H groups in total. The number of nitrogens with zero attached hydrogens (tertiary/aromatic N) is 4. The van der Waals surface area contributed by atoms with E-state index in [-0.39, 0.29) is 17.4 Å². The minimum atomic E-state index is -0.215. The smallest absolute Gasteiger partial charge is 0.236 e. The molecule has 31 heavy (non-hydrogen) atoms. The molecule has 0 aliphatic carbocycles. The molecule has 2 aliphatic heterocycles. The maximum atomic E-state index is 12.8. The summed E-state index contributed by atoms with van der Waals surface area (Å²) in [5, 5.41) is 3.77. The van der Waals surface area contributed by atoms with Gasteiger partial charge in [-0.3, -0.25) is 24.3 Å². The molecule has 7 nitrogen and oxygen atoms in total. The van der Waals surface area contributed by atoms with Crippen LogP contribution in [0.2, 0.25) is 5.02 Å². The summed E-state index contributed by atoms with van der Waals surface area (Å²) in [6, 6.07) is 8.01. The quantitative estimate of drug-likeness (QED) is 0.713. The number of hydrogen-bond acceptors (Lipinski definition) is 5. The average molecular weight is 450 g/mol. The zero-order valence-corrected chi connectivity index (χ0v) is 19.8. The molecule has 0 atom stereocenters. The van der Waals surface area contributed by atoms with Crippen LogP contribution in [0.25, 0.3) is 0 Å². The Hall–Kier alpha value is -1.67. The van der Waals surface area contributed by atoms with Crippen LogP contribution in [0.1, 0.15) is 26.3 Å². The Morgan fingerprint density at radius 1 is 0.903 bits per heavy atom. The summed E-state index contributed by atoms with van der Waals surface area (Å²) < 4.78 is 0. The van der Waals surface area contributed by atoms with E-state index in [0.717, 1.165) is 50.8 Å². The maximum absolute atomic E-state index is 12.8. The number of carbonyl (C=O) groups excluding carboxylic acids is 2. The summed E-state index contributed by atoms with van der Waals surface area (Å²) in [6.07, 6.45) is 0. The van der Waals surface area contributed by atoms with E-state index in [9.17, 15) is 9.59 Å². The molecule has 0 bridgehead atoms. The highest BCUT2D eigenvalue weighted by Crippen LogP contribution is 2.14. The second-order valence-electron chi connectivity index (χ2n) is 9.64. The second-order valence-corrected chi connectivity index (χ2v) is 10.1. The number of carbonyl (C=O) groups is 2. The van der Waals surface area contributed by atoms with E-state index in [1.165, 1.54) is 5.56 Å². The van der Waals surface area contributed by atoms with Gasteiger partial charge >= 0.3 is 0 Å². The highest BCUT2D eigenvalue weighted by molar-refractivity contribution is 6.30. The molecule has 0 unspecified atom stereocenters. The number of piperazine rings is 2. The summed E-state index contributed by atoms with van der Waals surface area (Å²) in [6.45, 7) is 14.3. The summed E-state index contributed by atoms with van der Waals surface area (Å²) in [5.41, 5.74) is 1.01. The monoisotopic (exact) mass is 449 g/mol. The fourth-order valence-corrected chi connectivity index (χ4v) is 4.32. The first-order valence-electron chi connectivity index (χ1n) is 11.2. The standard InChI is InChI=1S/C23H36ClN5O2/c1-23(2,3)25-21(30)17-27-11-13-29(14-12-27)22(31)18-28-9-7-26(8-10-28)16-19-5-4-6-20(24)15-19/h4-6,15H,7-14,16-18H2,1-3H3,(H,25,30). The normalized spacial score (nSPS) is 19.4. The van der Waals surface area contributed by atoms with Crippen LogP contribution >= 0.6 is 11.6 Å². The number of benzene rings is 1. The zero-order chi connectivity index (χ0) is 22.4. The van der Waals surface area contributed by atoms with Crippen LogP contribution in [0.3, 0.4) is 0 Å². The van der Waals surface area contributed by atoms with Crippen molar-refractivity contribution in [3.8, 4) is 0 Å². The number of hydrogen-bond donors (Lipinski definition) is 1. The molecule has 1 aromatic rings. The van der Waals surface area contributed by atoms with Crippen molar-refractivity contribution in [2.24, 2.45) is 0 Å². The highest BCUT2D eigenvalue weighted by Gasteiger charge is 2.26. The minimum absolute atomic E-state index is 0.0444. The van der Waals surface area contributed by atoms with Crippen LogP contribution in [0.5, 0.6) is 0 Å². The molecule has 0 radical (unpaired) electrons. The highest BCUT2D eigenvalue weighted by atomic mass is 35.5. The predicted octanol–water partition coefficient (Wildman–Crippen LogP) is 1.52. The molecule has 2 fully saturated rings. The van der Waals surface area contributed by atoms with Crippen molar-refractivity contribution in [1.82, 2.24) is 24.9 Å². The van der Waals surface area contributed by atoms with Crippen molar-refractivity contribution in [2.75, 3.05) is 65.4 Å². The van der Waals surface area contributed by atoms with Crippen molar-refractivity contribution in [2.45, 2.75) is 32.9 Å². The van der Waals surface area contributed by atoms with Crippen molar-refractivity contribution in [3.05, 3.63) is 34.9 Å². The molecule has 2 saturated heterocycles. The largest absolute Gasteiger partial charge is 0.350 e. The average Bonchev–Trinajstić information content (AvgIpc) is 2.68. The van der Waals surface area contributed by atoms with Crippen LogP contribution in [-0.4, -0.2) is 102 Å². The van der Waals surface area contributed by atoms with Crippen molar-refractivity contribution in [1.29, 1.82) is 0 Å². The van der Waals surface area contributed by atoms with Gasteiger partial charge in [-0.15, -0.1) is 0 Å². The van der Waals surface area contributed by atoms with E-state index in [1.54, 1.807) is 0 Å². The van der Waals surface area contributed by atoms with Gasteiger partial charge in [-0.05, 0) is 38.5 Å². The van der Waals surface area contributed by atoms with E-state index >= 15 is 0 Å². The van der Waals surface area contributed by atoms with Crippen molar-refractivity contribution >= 4 is 23.4 Å². The third-order valence-corrected chi connectivity index (χ3v) is 5.96. The summed E-state index contributed by atoms with van der Waals surface area (Å²) in [5.74, 6) is 0.241. The predicted molar refractivity (Wildman–Crippen MR) is 124 cm³/mol. The summed E-state index contributed by atoms with van der Waals surface area (Å²) in [7, 11) is 0. The number of nitrogens with one attached hydrogen (secondary N) is 1. The zero-order valence-electron chi connectivity index (χ0n) is 19.1. The van der Waals surface area contributed by atoms with Crippen molar-refractivity contribution in [3.63, 3.8) is 0 Å². The first-order valence-corrected chi connectivity index (χ1v) is 11.6. The Morgan fingerprint density at radius 2 is 1.48 bits per heavy atom. The fourth-order valence-electron chi connectivity index (χ4n) is 4.11. The van der Waals surface area contributed by atoms with Crippen LogP contribution in [0, 0.1) is 0 Å². The Labute approximate surface area is 191 Å². The Kier molecular flexibility index (Phi) is 8.33. The van der Waals surface area contributed by atoms with Gasteiger partial charge < -0.3 is 10.2 Å². The maximum Gasteiger partial charge on any atom is 0.236 e. The fraction of sp³-hybridized carbons (Fsp3) is 0.652. The van der Waals surface area contributed by atoms with Gasteiger partial charge in [0.05, 0.1) is 13.1 Å². The molecule has 0 saturated carbocycles. The van der Waals surface area contributed by atoms with E-state index in [0.29, 0.717) is 26.2 Å². The van der Waals surface area contributed by atoms with Crippen LogP contribution in [0.15, 0.2) is 24.3 Å². The van der Waals surface area contributed by atoms with Crippen LogP contribution < -0.4 is 5.32 Å². The SMILES string of the molecule is CC(C)(C)NC(=O)CN1CCN(C(=O)CN2CCN(Cc3cccc(Cl)c3)CC2)CC1.